The number of carbonyl (C=O) groups excluding carboxylic acids is 2. The number of aliphatic hydroxyl groups is 1. The fourth-order valence-corrected chi connectivity index (χ4v) is 3.63. The Hall–Kier alpha value is -2.86. The first-order chi connectivity index (χ1) is 14.6. The molecule has 0 saturated carbocycles. The summed E-state index contributed by atoms with van der Waals surface area (Å²) in [6, 6.07) is 17.1. The van der Waals surface area contributed by atoms with Crippen molar-refractivity contribution < 1.29 is 19.4 Å². The van der Waals surface area contributed by atoms with Crippen molar-refractivity contribution in [1.82, 2.24) is 10.2 Å². The number of urea groups is 1. The molecule has 1 aliphatic heterocycles. The lowest BCUT2D eigenvalue weighted by atomic mass is 9.87. The zero-order valence-electron chi connectivity index (χ0n) is 18.7. The second-order valence-corrected chi connectivity index (χ2v) is 9.40. The van der Waals surface area contributed by atoms with Crippen LogP contribution in [-0.4, -0.2) is 46.7 Å². The van der Waals surface area contributed by atoms with Crippen LogP contribution in [0.1, 0.15) is 45.2 Å². The van der Waals surface area contributed by atoms with E-state index in [1.165, 1.54) is 5.56 Å². The van der Waals surface area contributed by atoms with E-state index in [1.54, 1.807) is 6.92 Å². The third-order valence-corrected chi connectivity index (χ3v) is 5.66. The van der Waals surface area contributed by atoms with Crippen molar-refractivity contribution >= 4 is 11.9 Å². The summed E-state index contributed by atoms with van der Waals surface area (Å²) in [7, 11) is 0. The van der Waals surface area contributed by atoms with Gasteiger partial charge in [0.05, 0.1) is 6.54 Å². The number of benzene rings is 2. The zero-order chi connectivity index (χ0) is 22.6. The van der Waals surface area contributed by atoms with Crippen LogP contribution in [0.25, 0.3) is 0 Å². The number of β-amino-alcohol motifs (C(OH)–C–C–N with tert-alkyl or cyclic N) is 1. The predicted octanol–water partition coefficient (Wildman–Crippen LogP) is 3.67. The monoisotopic (exact) mass is 424 g/mol. The van der Waals surface area contributed by atoms with Gasteiger partial charge in [-0.3, -0.25) is 9.69 Å². The highest BCUT2D eigenvalue weighted by molar-refractivity contribution is 6.06. The molecule has 6 nitrogen and oxygen atoms in total. The molecular weight excluding hydrogens is 392 g/mol. The fraction of sp³-hybridized carbons (Fsp3) is 0.440. The molecule has 3 rings (SSSR count). The average molecular weight is 425 g/mol. The van der Waals surface area contributed by atoms with Crippen LogP contribution in [-0.2, 0) is 16.6 Å². The van der Waals surface area contributed by atoms with E-state index >= 15 is 0 Å². The second-order valence-electron chi connectivity index (χ2n) is 9.40. The summed E-state index contributed by atoms with van der Waals surface area (Å²) in [6.07, 6.45) is 0.187. The average Bonchev–Trinajstić information content (AvgIpc) is 2.94. The van der Waals surface area contributed by atoms with Crippen molar-refractivity contribution in [3.05, 3.63) is 65.7 Å². The van der Waals surface area contributed by atoms with E-state index in [9.17, 15) is 14.7 Å². The van der Waals surface area contributed by atoms with Crippen LogP contribution in [0.4, 0.5) is 4.79 Å². The van der Waals surface area contributed by atoms with Crippen LogP contribution in [0, 0.1) is 0 Å². The van der Waals surface area contributed by atoms with Crippen LogP contribution in [0.3, 0.4) is 0 Å². The Morgan fingerprint density at radius 3 is 2.32 bits per heavy atom. The molecule has 1 heterocycles. The van der Waals surface area contributed by atoms with Crippen molar-refractivity contribution in [1.29, 1.82) is 0 Å². The Labute approximate surface area is 184 Å². The lowest BCUT2D eigenvalue weighted by Crippen LogP contribution is -2.45. The highest BCUT2D eigenvalue weighted by Crippen LogP contribution is 2.25. The SMILES string of the molecule is CC1(CCc2ccccc2)NC(=O)N(CC(O)COc2ccc(C(C)(C)C)cc2)C1=O. The molecule has 31 heavy (non-hydrogen) atoms. The van der Waals surface area contributed by atoms with Gasteiger partial charge in [-0.1, -0.05) is 63.2 Å². The van der Waals surface area contributed by atoms with Gasteiger partial charge in [0.25, 0.3) is 5.91 Å². The number of hydrogen-bond donors (Lipinski definition) is 2. The Morgan fingerprint density at radius 2 is 1.71 bits per heavy atom. The van der Waals surface area contributed by atoms with Gasteiger partial charge in [-0.05, 0) is 48.4 Å². The summed E-state index contributed by atoms with van der Waals surface area (Å²) in [4.78, 5) is 26.4. The van der Waals surface area contributed by atoms with Crippen molar-refractivity contribution in [2.45, 2.75) is 57.6 Å². The van der Waals surface area contributed by atoms with Crippen molar-refractivity contribution in [3.63, 3.8) is 0 Å². The first-order valence-electron chi connectivity index (χ1n) is 10.7. The minimum Gasteiger partial charge on any atom is -0.491 e. The molecule has 166 valence electrons. The Kier molecular flexibility index (Phi) is 6.70. The van der Waals surface area contributed by atoms with Gasteiger partial charge in [0.2, 0.25) is 0 Å². The molecule has 0 bridgehead atoms. The van der Waals surface area contributed by atoms with E-state index < -0.39 is 17.7 Å². The third-order valence-electron chi connectivity index (χ3n) is 5.66. The number of hydrogen-bond acceptors (Lipinski definition) is 4. The van der Waals surface area contributed by atoms with Gasteiger partial charge >= 0.3 is 6.03 Å². The molecule has 0 aliphatic carbocycles. The molecule has 2 aromatic rings. The third kappa shape index (κ3) is 5.64. The quantitative estimate of drug-likeness (QED) is 0.634. The van der Waals surface area contributed by atoms with Crippen LogP contribution in [0.15, 0.2) is 54.6 Å². The molecule has 1 aliphatic rings. The first-order valence-corrected chi connectivity index (χ1v) is 10.7. The number of aryl methyl sites for hydroxylation is 1. The van der Waals surface area contributed by atoms with Gasteiger partial charge < -0.3 is 15.2 Å². The number of amides is 3. The number of imide groups is 1. The van der Waals surface area contributed by atoms with Gasteiger partial charge in [0.15, 0.2) is 0 Å². The normalized spacial score (nSPS) is 20.0. The maximum atomic E-state index is 12.9. The van der Waals surface area contributed by atoms with E-state index in [-0.39, 0.29) is 24.5 Å². The second kappa shape index (κ2) is 9.10. The lowest BCUT2D eigenvalue weighted by Gasteiger charge is -2.23. The molecule has 2 unspecified atom stereocenters. The van der Waals surface area contributed by atoms with Gasteiger partial charge in [-0.15, -0.1) is 0 Å². The van der Waals surface area contributed by atoms with E-state index in [1.807, 2.05) is 54.6 Å². The van der Waals surface area contributed by atoms with Crippen molar-refractivity contribution in [2.75, 3.05) is 13.2 Å². The van der Waals surface area contributed by atoms with E-state index in [4.69, 9.17) is 4.74 Å². The van der Waals surface area contributed by atoms with Crippen LogP contribution in [0.5, 0.6) is 5.75 Å². The standard InChI is InChI=1S/C25H32N2O4/c1-24(2,3)19-10-12-21(13-11-19)31-17-20(28)16-27-22(29)25(4,26-23(27)30)15-14-18-8-6-5-7-9-18/h5-13,20,28H,14-17H2,1-4H3,(H,26,30). The number of aliphatic hydroxyl groups excluding tert-OH is 1. The molecule has 2 atom stereocenters. The predicted molar refractivity (Wildman–Crippen MR) is 120 cm³/mol. The summed E-state index contributed by atoms with van der Waals surface area (Å²) < 4.78 is 5.65. The fourth-order valence-electron chi connectivity index (χ4n) is 3.63. The molecule has 3 amide bonds. The molecular formula is C25H32N2O4. The smallest absolute Gasteiger partial charge is 0.325 e. The van der Waals surface area contributed by atoms with E-state index in [0.29, 0.717) is 18.6 Å². The Balaban J connectivity index is 1.53. The number of carbonyl (C=O) groups is 2. The number of nitrogens with one attached hydrogen (secondary N) is 1. The molecule has 0 radical (unpaired) electrons. The highest BCUT2D eigenvalue weighted by Gasteiger charge is 2.47. The summed E-state index contributed by atoms with van der Waals surface area (Å²) in [6.45, 7) is 8.03. The van der Waals surface area contributed by atoms with E-state index in [0.717, 1.165) is 10.5 Å². The van der Waals surface area contributed by atoms with Gasteiger partial charge in [0, 0.05) is 0 Å². The first kappa shape index (κ1) is 22.8. The van der Waals surface area contributed by atoms with Gasteiger partial charge in [0.1, 0.15) is 24.0 Å². The van der Waals surface area contributed by atoms with E-state index in [2.05, 4.69) is 26.1 Å². The van der Waals surface area contributed by atoms with Crippen molar-refractivity contribution in [2.24, 2.45) is 0 Å². The van der Waals surface area contributed by atoms with Gasteiger partial charge in [-0.25, -0.2) is 4.79 Å². The summed E-state index contributed by atoms with van der Waals surface area (Å²) >= 11 is 0. The largest absolute Gasteiger partial charge is 0.491 e. The molecule has 1 saturated heterocycles. The molecule has 0 spiro atoms. The van der Waals surface area contributed by atoms with Crippen LogP contribution in [0.2, 0.25) is 0 Å². The minimum absolute atomic E-state index is 0.00729. The van der Waals surface area contributed by atoms with Gasteiger partial charge in [-0.2, -0.15) is 0 Å². The number of ether oxygens (including phenoxy) is 1. The maximum absolute atomic E-state index is 12.9. The molecule has 2 N–H and O–H groups in total. The topological polar surface area (TPSA) is 78.9 Å². The highest BCUT2D eigenvalue weighted by atomic mass is 16.5. The minimum atomic E-state index is -0.978. The molecule has 1 fully saturated rings. The van der Waals surface area contributed by atoms with Crippen LogP contribution < -0.4 is 10.1 Å². The number of nitrogens with zero attached hydrogens (tertiary/aromatic N) is 1. The Bertz CT molecular complexity index is 905. The number of rotatable bonds is 8. The lowest BCUT2D eigenvalue weighted by molar-refractivity contribution is -0.132. The molecule has 2 aromatic carbocycles. The Morgan fingerprint density at radius 1 is 1.06 bits per heavy atom. The molecule has 6 heteroatoms. The summed E-state index contributed by atoms with van der Waals surface area (Å²) in [5.41, 5.74) is 1.37. The van der Waals surface area contributed by atoms with Crippen LogP contribution >= 0.6 is 0 Å². The zero-order valence-corrected chi connectivity index (χ0v) is 18.7. The molecule has 0 aromatic heterocycles. The maximum Gasteiger partial charge on any atom is 0.325 e. The summed E-state index contributed by atoms with van der Waals surface area (Å²) in [5, 5.41) is 13.2. The van der Waals surface area contributed by atoms with Crippen molar-refractivity contribution in [3.8, 4) is 5.75 Å². The summed E-state index contributed by atoms with van der Waals surface area (Å²) in [5.74, 6) is 0.318.